The molecule has 1 aromatic carbocycles. The normalized spacial score (nSPS) is 10.1. The van der Waals surface area contributed by atoms with Gasteiger partial charge in [0.15, 0.2) is 12.6 Å². The van der Waals surface area contributed by atoms with Gasteiger partial charge in [-0.05, 0) is 12.1 Å². The van der Waals surface area contributed by atoms with Gasteiger partial charge in [0.05, 0.1) is 11.1 Å². The highest BCUT2D eigenvalue weighted by Gasteiger charge is 2.14. The van der Waals surface area contributed by atoms with Crippen molar-refractivity contribution in [1.29, 1.82) is 0 Å². The molecule has 1 rings (SSSR count). The Hall–Kier alpha value is -1.43. The fraction of sp³-hybridized carbons (Fsp3) is 0.111. The van der Waals surface area contributed by atoms with E-state index >= 15 is 0 Å². The van der Waals surface area contributed by atoms with Crippen molar-refractivity contribution < 1.29 is 23.1 Å². The van der Waals surface area contributed by atoms with Crippen molar-refractivity contribution in [1.82, 2.24) is 0 Å². The predicted octanol–water partition coefficient (Wildman–Crippen LogP) is 2.20. The third kappa shape index (κ3) is 2.76. The van der Waals surface area contributed by atoms with Crippen molar-refractivity contribution in [3.8, 4) is 5.75 Å². The number of rotatable bonds is 4. The summed E-state index contributed by atoms with van der Waals surface area (Å²) in [6.07, 6.45) is 0.648. The zero-order valence-corrected chi connectivity index (χ0v) is 8.21. The summed E-state index contributed by atoms with van der Waals surface area (Å²) >= 11 is 3.91. The Morgan fingerprint density at radius 3 is 2.00 bits per heavy atom. The van der Waals surface area contributed by atoms with Crippen LogP contribution in [0.25, 0.3) is 0 Å². The van der Waals surface area contributed by atoms with Crippen LogP contribution in [0, 0.1) is 0 Å². The summed E-state index contributed by atoms with van der Waals surface area (Å²) < 4.78 is 28.0. The van der Waals surface area contributed by atoms with E-state index in [1.807, 2.05) is 0 Å². The molecule has 15 heavy (non-hydrogen) atoms. The highest BCUT2D eigenvalue weighted by molar-refractivity contribution is 7.80. The molecule has 0 aliphatic carbocycles. The molecule has 0 aromatic heterocycles. The van der Waals surface area contributed by atoms with Crippen LogP contribution in [0.2, 0.25) is 0 Å². The van der Waals surface area contributed by atoms with Crippen molar-refractivity contribution >= 4 is 25.2 Å². The average molecular weight is 232 g/mol. The van der Waals surface area contributed by atoms with Gasteiger partial charge in [-0.2, -0.15) is 8.78 Å². The quantitative estimate of drug-likeness (QED) is 0.639. The molecule has 0 atom stereocenters. The molecule has 3 nitrogen and oxygen atoms in total. The van der Waals surface area contributed by atoms with Crippen LogP contribution in [-0.4, -0.2) is 19.2 Å². The molecular weight excluding hydrogens is 226 g/mol. The number of carbonyl (C=O) groups is 2. The van der Waals surface area contributed by atoms with Crippen LogP contribution in [0.15, 0.2) is 17.0 Å². The first kappa shape index (κ1) is 11.6. The van der Waals surface area contributed by atoms with Crippen molar-refractivity contribution in [2.75, 3.05) is 0 Å². The first-order valence-corrected chi connectivity index (χ1v) is 4.25. The molecule has 0 spiro atoms. The van der Waals surface area contributed by atoms with E-state index < -0.39 is 12.4 Å². The summed E-state index contributed by atoms with van der Waals surface area (Å²) in [5.41, 5.74) is -0.269. The molecule has 0 aliphatic heterocycles. The number of aldehydes is 2. The molecule has 6 heteroatoms. The van der Waals surface area contributed by atoms with Gasteiger partial charge in [-0.1, -0.05) is 0 Å². The maximum absolute atomic E-state index is 12.0. The lowest BCUT2D eigenvalue weighted by Gasteiger charge is -2.09. The van der Waals surface area contributed by atoms with Crippen LogP contribution in [0.5, 0.6) is 5.75 Å². The fourth-order valence-corrected chi connectivity index (χ4v) is 1.34. The average Bonchev–Trinajstić information content (AvgIpc) is 2.19. The van der Waals surface area contributed by atoms with Crippen LogP contribution in [0.1, 0.15) is 20.7 Å². The number of thiol groups is 1. The van der Waals surface area contributed by atoms with Gasteiger partial charge in [0.1, 0.15) is 5.75 Å². The number of benzene rings is 1. The van der Waals surface area contributed by atoms with E-state index in [2.05, 4.69) is 17.4 Å². The number of hydrogen-bond acceptors (Lipinski definition) is 4. The molecule has 0 amide bonds. The largest absolute Gasteiger partial charge is 0.433 e. The van der Waals surface area contributed by atoms with E-state index in [0.717, 1.165) is 0 Å². The fourth-order valence-electron chi connectivity index (χ4n) is 1.06. The number of halogens is 2. The third-order valence-electron chi connectivity index (χ3n) is 1.59. The summed E-state index contributed by atoms with van der Waals surface area (Å²) in [5.74, 6) is -0.423. The van der Waals surface area contributed by atoms with Gasteiger partial charge in [-0.15, -0.1) is 12.6 Å². The standard InChI is InChI=1S/C9H6F2O3S/c10-9(11)14-8-5(3-12)1-7(15)2-6(8)4-13/h1-4,9,15H. The van der Waals surface area contributed by atoms with Crippen LogP contribution in [-0.2, 0) is 0 Å². The Kier molecular flexibility index (Phi) is 3.79. The van der Waals surface area contributed by atoms with Gasteiger partial charge >= 0.3 is 6.61 Å². The SMILES string of the molecule is O=Cc1cc(S)cc(C=O)c1OC(F)F. The molecule has 0 saturated carbocycles. The molecular formula is C9H6F2O3S. The summed E-state index contributed by atoms with van der Waals surface area (Å²) in [7, 11) is 0. The molecule has 0 N–H and O–H groups in total. The second-order valence-corrected chi connectivity index (χ2v) is 3.08. The van der Waals surface area contributed by atoms with Gasteiger partial charge in [0.25, 0.3) is 0 Å². The lowest BCUT2D eigenvalue weighted by atomic mass is 10.1. The highest BCUT2D eigenvalue weighted by Crippen LogP contribution is 2.26. The van der Waals surface area contributed by atoms with E-state index in [1.165, 1.54) is 12.1 Å². The van der Waals surface area contributed by atoms with Gasteiger partial charge < -0.3 is 4.74 Å². The van der Waals surface area contributed by atoms with Crippen molar-refractivity contribution in [3.63, 3.8) is 0 Å². The third-order valence-corrected chi connectivity index (χ3v) is 1.85. The Bertz CT molecular complexity index is 364. The topological polar surface area (TPSA) is 43.4 Å². The summed E-state index contributed by atoms with van der Waals surface area (Å²) in [5, 5.41) is 0. The minimum Gasteiger partial charge on any atom is -0.433 e. The number of ether oxygens (including phenoxy) is 1. The molecule has 0 aliphatic rings. The molecule has 0 heterocycles. The van der Waals surface area contributed by atoms with Gasteiger partial charge in [0.2, 0.25) is 0 Å². The lowest BCUT2D eigenvalue weighted by Crippen LogP contribution is -2.07. The molecule has 0 unspecified atom stereocenters. The number of carbonyl (C=O) groups excluding carboxylic acids is 2. The minimum atomic E-state index is -3.09. The molecule has 0 fully saturated rings. The van der Waals surface area contributed by atoms with Crippen LogP contribution >= 0.6 is 12.6 Å². The van der Waals surface area contributed by atoms with E-state index in [4.69, 9.17) is 0 Å². The van der Waals surface area contributed by atoms with Crippen molar-refractivity contribution in [3.05, 3.63) is 23.3 Å². The zero-order valence-electron chi connectivity index (χ0n) is 7.31. The number of hydrogen-bond donors (Lipinski definition) is 1. The molecule has 80 valence electrons. The van der Waals surface area contributed by atoms with Gasteiger partial charge in [0, 0.05) is 4.90 Å². The first-order valence-electron chi connectivity index (χ1n) is 3.80. The summed E-state index contributed by atoms with van der Waals surface area (Å²) in [6.45, 7) is -3.09. The minimum absolute atomic E-state index is 0.134. The van der Waals surface area contributed by atoms with Crippen molar-refractivity contribution in [2.24, 2.45) is 0 Å². The maximum Gasteiger partial charge on any atom is 0.387 e. The first-order chi connectivity index (χ1) is 7.08. The molecule has 0 radical (unpaired) electrons. The van der Waals surface area contributed by atoms with Crippen LogP contribution in [0.3, 0.4) is 0 Å². The highest BCUT2D eigenvalue weighted by atomic mass is 32.1. The van der Waals surface area contributed by atoms with E-state index in [1.54, 1.807) is 0 Å². The molecule has 1 aromatic rings. The number of alkyl halides is 2. The smallest absolute Gasteiger partial charge is 0.387 e. The Balaban J connectivity index is 3.29. The van der Waals surface area contributed by atoms with Gasteiger partial charge in [-0.25, -0.2) is 0 Å². The zero-order chi connectivity index (χ0) is 11.4. The lowest BCUT2D eigenvalue weighted by molar-refractivity contribution is -0.0503. The molecule has 0 saturated heterocycles. The summed E-state index contributed by atoms with van der Waals surface area (Å²) in [6, 6.07) is 2.47. The van der Waals surface area contributed by atoms with Crippen LogP contribution in [0.4, 0.5) is 8.78 Å². The Morgan fingerprint density at radius 2 is 1.67 bits per heavy atom. The van der Waals surface area contributed by atoms with Crippen LogP contribution < -0.4 is 4.74 Å². The van der Waals surface area contributed by atoms with Crippen molar-refractivity contribution in [2.45, 2.75) is 11.5 Å². The van der Waals surface area contributed by atoms with E-state index in [9.17, 15) is 18.4 Å². The van der Waals surface area contributed by atoms with Gasteiger partial charge in [-0.3, -0.25) is 9.59 Å². The Morgan fingerprint density at radius 1 is 1.20 bits per heavy atom. The second-order valence-electron chi connectivity index (χ2n) is 2.57. The Labute approximate surface area is 89.4 Å². The second kappa shape index (κ2) is 4.88. The van der Waals surface area contributed by atoms with E-state index in [0.29, 0.717) is 17.5 Å². The maximum atomic E-state index is 12.0. The monoisotopic (exact) mass is 232 g/mol. The molecule has 0 bridgehead atoms. The predicted molar refractivity (Wildman–Crippen MR) is 51.1 cm³/mol. The van der Waals surface area contributed by atoms with E-state index in [-0.39, 0.29) is 11.1 Å². The summed E-state index contributed by atoms with van der Waals surface area (Å²) in [4.78, 5) is 21.4.